The molecule has 0 aliphatic rings. The summed E-state index contributed by atoms with van der Waals surface area (Å²) in [7, 11) is 0. The van der Waals surface area contributed by atoms with Gasteiger partial charge in [0.15, 0.2) is 0 Å². The zero-order valence-corrected chi connectivity index (χ0v) is 9.60. The lowest BCUT2D eigenvalue weighted by Gasteiger charge is -2.24. The van der Waals surface area contributed by atoms with Crippen molar-refractivity contribution in [1.29, 1.82) is 0 Å². The molecule has 0 aliphatic heterocycles. The summed E-state index contributed by atoms with van der Waals surface area (Å²) in [6.45, 7) is 3.67. The standard InChI is InChI=1S/C12H18N2O2/c1-12(2,11(13)16)14-8-10(15)9-6-4-3-5-7-9/h3-7,10,14-15H,8H2,1-2H3,(H2,13,16). The van der Waals surface area contributed by atoms with Gasteiger partial charge in [-0.25, -0.2) is 0 Å². The molecule has 0 saturated carbocycles. The molecule has 1 atom stereocenters. The molecule has 4 heteroatoms. The van der Waals surface area contributed by atoms with Crippen LogP contribution in [0.1, 0.15) is 25.5 Å². The van der Waals surface area contributed by atoms with E-state index in [1.807, 2.05) is 30.3 Å². The van der Waals surface area contributed by atoms with Gasteiger partial charge in [0.1, 0.15) is 0 Å². The van der Waals surface area contributed by atoms with Gasteiger partial charge in [0.25, 0.3) is 0 Å². The molecule has 0 heterocycles. The van der Waals surface area contributed by atoms with Gasteiger partial charge in [-0.3, -0.25) is 4.79 Å². The second-order valence-corrected chi connectivity index (χ2v) is 4.30. The molecule has 88 valence electrons. The van der Waals surface area contributed by atoms with Crippen LogP contribution in [0, 0.1) is 0 Å². The molecule has 1 amide bonds. The van der Waals surface area contributed by atoms with Crippen molar-refractivity contribution in [3.63, 3.8) is 0 Å². The third-order valence-corrected chi connectivity index (χ3v) is 2.54. The number of carbonyl (C=O) groups is 1. The van der Waals surface area contributed by atoms with Gasteiger partial charge >= 0.3 is 0 Å². The Bertz CT molecular complexity index is 349. The Hall–Kier alpha value is -1.39. The number of benzene rings is 1. The van der Waals surface area contributed by atoms with E-state index in [9.17, 15) is 9.90 Å². The summed E-state index contributed by atoms with van der Waals surface area (Å²) in [5.74, 6) is -0.437. The van der Waals surface area contributed by atoms with Gasteiger partial charge in [-0.1, -0.05) is 30.3 Å². The van der Waals surface area contributed by atoms with Crippen LogP contribution < -0.4 is 11.1 Å². The molecule has 0 saturated heterocycles. The molecule has 0 aliphatic carbocycles. The van der Waals surface area contributed by atoms with E-state index in [0.717, 1.165) is 5.56 Å². The number of amides is 1. The summed E-state index contributed by atoms with van der Waals surface area (Å²) in [4.78, 5) is 11.0. The van der Waals surface area contributed by atoms with E-state index in [4.69, 9.17) is 5.73 Å². The van der Waals surface area contributed by atoms with Gasteiger partial charge in [0, 0.05) is 6.54 Å². The van der Waals surface area contributed by atoms with Crippen molar-refractivity contribution in [2.75, 3.05) is 6.54 Å². The fourth-order valence-corrected chi connectivity index (χ4v) is 1.23. The summed E-state index contributed by atoms with van der Waals surface area (Å²) in [5, 5.41) is 12.8. The number of nitrogens with two attached hydrogens (primary N) is 1. The van der Waals surface area contributed by atoms with Crippen LogP contribution in [-0.4, -0.2) is 23.1 Å². The van der Waals surface area contributed by atoms with E-state index in [1.54, 1.807) is 13.8 Å². The molecule has 0 aromatic heterocycles. The number of β-amino-alcohol motifs (C(OH)–C–C–N with tert-alkyl or cyclic N) is 1. The maximum absolute atomic E-state index is 11.0. The largest absolute Gasteiger partial charge is 0.387 e. The maximum Gasteiger partial charge on any atom is 0.237 e. The highest BCUT2D eigenvalue weighted by atomic mass is 16.3. The Balaban J connectivity index is 2.54. The number of rotatable bonds is 5. The quantitative estimate of drug-likeness (QED) is 0.682. The van der Waals surface area contributed by atoms with E-state index in [0.29, 0.717) is 6.54 Å². The number of nitrogens with one attached hydrogen (secondary N) is 1. The van der Waals surface area contributed by atoms with E-state index in [2.05, 4.69) is 5.32 Å². The van der Waals surface area contributed by atoms with Crippen LogP contribution in [0.5, 0.6) is 0 Å². The molecule has 4 nitrogen and oxygen atoms in total. The predicted octanol–water partition coefficient (Wildman–Crippen LogP) is 0.574. The van der Waals surface area contributed by atoms with Gasteiger partial charge in [-0.2, -0.15) is 0 Å². The summed E-state index contributed by atoms with van der Waals surface area (Å²) in [6, 6.07) is 9.28. The Kier molecular flexibility index (Phi) is 4.04. The number of aliphatic hydroxyl groups excluding tert-OH is 1. The molecule has 1 aromatic carbocycles. The molecule has 0 spiro atoms. The van der Waals surface area contributed by atoms with Crippen molar-refractivity contribution >= 4 is 5.91 Å². The maximum atomic E-state index is 11.0. The summed E-state index contributed by atoms with van der Waals surface area (Å²) < 4.78 is 0. The molecular weight excluding hydrogens is 204 g/mol. The van der Waals surface area contributed by atoms with Gasteiger partial charge in [-0.15, -0.1) is 0 Å². The monoisotopic (exact) mass is 222 g/mol. The third-order valence-electron chi connectivity index (χ3n) is 2.54. The third kappa shape index (κ3) is 3.32. The zero-order valence-electron chi connectivity index (χ0n) is 9.60. The molecule has 1 aromatic rings. The van der Waals surface area contributed by atoms with Crippen molar-refractivity contribution in [1.82, 2.24) is 5.32 Å². The normalized spacial score (nSPS) is 13.4. The summed E-state index contributed by atoms with van der Waals surface area (Å²) in [5.41, 5.74) is 5.22. The Morgan fingerprint density at radius 2 is 2.00 bits per heavy atom. The van der Waals surface area contributed by atoms with Crippen molar-refractivity contribution < 1.29 is 9.90 Å². The number of hydrogen-bond donors (Lipinski definition) is 3. The Morgan fingerprint density at radius 3 is 2.50 bits per heavy atom. The molecule has 0 bridgehead atoms. The number of carbonyl (C=O) groups excluding carboxylic acids is 1. The smallest absolute Gasteiger partial charge is 0.237 e. The first-order chi connectivity index (χ1) is 7.43. The molecule has 4 N–H and O–H groups in total. The molecule has 16 heavy (non-hydrogen) atoms. The number of hydrogen-bond acceptors (Lipinski definition) is 3. The summed E-state index contributed by atoms with van der Waals surface area (Å²) in [6.07, 6.45) is -0.639. The Labute approximate surface area is 95.5 Å². The highest BCUT2D eigenvalue weighted by molar-refractivity contribution is 5.83. The van der Waals surface area contributed by atoms with Gasteiger partial charge in [-0.05, 0) is 19.4 Å². The van der Waals surface area contributed by atoms with Crippen LogP contribution in [0.4, 0.5) is 0 Å². The first-order valence-corrected chi connectivity index (χ1v) is 5.21. The van der Waals surface area contributed by atoms with Gasteiger partial charge < -0.3 is 16.2 Å². The minimum absolute atomic E-state index is 0.292. The van der Waals surface area contributed by atoms with E-state index >= 15 is 0 Å². The summed E-state index contributed by atoms with van der Waals surface area (Å²) >= 11 is 0. The van der Waals surface area contributed by atoms with Crippen LogP contribution in [0.3, 0.4) is 0 Å². The minimum atomic E-state index is -0.810. The second-order valence-electron chi connectivity index (χ2n) is 4.30. The van der Waals surface area contributed by atoms with Crippen molar-refractivity contribution in [2.24, 2.45) is 5.73 Å². The average molecular weight is 222 g/mol. The predicted molar refractivity (Wildman–Crippen MR) is 62.7 cm³/mol. The van der Waals surface area contributed by atoms with E-state index < -0.39 is 17.6 Å². The fourth-order valence-electron chi connectivity index (χ4n) is 1.23. The second kappa shape index (κ2) is 5.09. The van der Waals surface area contributed by atoms with E-state index in [1.165, 1.54) is 0 Å². The zero-order chi connectivity index (χ0) is 12.2. The Morgan fingerprint density at radius 1 is 1.44 bits per heavy atom. The number of primary amides is 1. The van der Waals surface area contributed by atoms with Crippen LogP contribution in [0.25, 0.3) is 0 Å². The van der Waals surface area contributed by atoms with Crippen LogP contribution in [0.2, 0.25) is 0 Å². The highest BCUT2D eigenvalue weighted by Gasteiger charge is 2.24. The first-order valence-electron chi connectivity index (χ1n) is 5.21. The highest BCUT2D eigenvalue weighted by Crippen LogP contribution is 2.12. The lowest BCUT2D eigenvalue weighted by molar-refractivity contribution is -0.123. The van der Waals surface area contributed by atoms with Gasteiger partial charge in [0.2, 0.25) is 5.91 Å². The van der Waals surface area contributed by atoms with Crippen molar-refractivity contribution in [3.8, 4) is 0 Å². The fraction of sp³-hybridized carbons (Fsp3) is 0.417. The molecular formula is C12H18N2O2. The molecule has 0 fully saturated rings. The molecule has 0 radical (unpaired) electrons. The van der Waals surface area contributed by atoms with Gasteiger partial charge in [0.05, 0.1) is 11.6 Å². The lowest BCUT2D eigenvalue weighted by Crippen LogP contribution is -2.51. The van der Waals surface area contributed by atoms with E-state index in [-0.39, 0.29) is 0 Å². The minimum Gasteiger partial charge on any atom is -0.387 e. The van der Waals surface area contributed by atoms with Crippen molar-refractivity contribution in [2.45, 2.75) is 25.5 Å². The molecule has 1 unspecified atom stereocenters. The van der Waals surface area contributed by atoms with Crippen LogP contribution in [-0.2, 0) is 4.79 Å². The number of aliphatic hydroxyl groups is 1. The molecule has 1 rings (SSSR count). The van der Waals surface area contributed by atoms with Crippen LogP contribution in [0.15, 0.2) is 30.3 Å². The lowest BCUT2D eigenvalue weighted by atomic mass is 10.0. The SMILES string of the molecule is CC(C)(NCC(O)c1ccccc1)C(N)=O. The van der Waals surface area contributed by atoms with Crippen LogP contribution >= 0.6 is 0 Å². The first kappa shape index (κ1) is 12.7. The topological polar surface area (TPSA) is 75.3 Å². The van der Waals surface area contributed by atoms with Crippen molar-refractivity contribution in [3.05, 3.63) is 35.9 Å². The average Bonchev–Trinajstić information content (AvgIpc) is 2.27.